The van der Waals surface area contributed by atoms with E-state index in [1.807, 2.05) is 11.8 Å². The van der Waals surface area contributed by atoms with Crippen LogP contribution < -0.4 is 0 Å². The highest BCUT2D eigenvalue weighted by Crippen LogP contribution is 2.27. The van der Waals surface area contributed by atoms with Crippen molar-refractivity contribution in [2.24, 2.45) is 0 Å². The summed E-state index contributed by atoms with van der Waals surface area (Å²) in [5.74, 6) is 4.09. The molecule has 0 spiro atoms. The standard InChI is InChI=1S/C9H13N3S/c1-2-8(3-5-13-4-1)9-11-6-10-7-12-9/h6-8H,1-5H2. The fourth-order valence-electron chi connectivity index (χ4n) is 1.62. The summed E-state index contributed by atoms with van der Waals surface area (Å²) >= 11 is 2.04. The summed E-state index contributed by atoms with van der Waals surface area (Å²) in [6.45, 7) is 0. The second-order valence-corrected chi connectivity index (χ2v) is 4.46. The molecule has 0 amide bonds. The van der Waals surface area contributed by atoms with Gasteiger partial charge < -0.3 is 0 Å². The highest BCUT2D eigenvalue weighted by Gasteiger charge is 2.16. The highest BCUT2D eigenvalue weighted by atomic mass is 32.2. The van der Waals surface area contributed by atoms with Gasteiger partial charge in [-0.05, 0) is 30.8 Å². The van der Waals surface area contributed by atoms with Crippen LogP contribution in [0.3, 0.4) is 0 Å². The van der Waals surface area contributed by atoms with Crippen LogP contribution in [0.1, 0.15) is 31.0 Å². The molecule has 3 nitrogen and oxygen atoms in total. The Morgan fingerprint density at radius 3 is 2.85 bits per heavy atom. The highest BCUT2D eigenvalue weighted by molar-refractivity contribution is 7.99. The van der Waals surface area contributed by atoms with Gasteiger partial charge in [0.2, 0.25) is 0 Å². The number of nitrogens with zero attached hydrogens (tertiary/aromatic N) is 3. The molecule has 2 heterocycles. The summed E-state index contributed by atoms with van der Waals surface area (Å²) in [7, 11) is 0. The van der Waals surface area contributed by atoms with Crippen LogP contribution in [0.15, 0.2) is 12.7 Å². The van der Waals surface area contributed by atoms with E-state index in [1.165, 1.54) is 30.8 Å². The fraction of sp³-hybridized carbons (Fsp3) is 0.667. The molecule has 1 aromatic rings. The van der Waals surface area contributed by atoms with Gasteiger partial charge in [0.1, 0.15) is 18.5 Å². The van der Waals surface area contributed by atoms with E-state index in [2.05, 4.69) is 15.0 Å². The topological polar surface area (TPSA) is 38.7 Å². The van der Waals surface area contributed by atoms with Gasteiger partial charge in [0.15, 0.2) is 0 Å². The van der Waals surface area contributed by atoms with E-state index in [0.717, 1.165) is 5.82 Å². The number of rotatable bonds is 1. The lowest BCUT2D eigenvalue weighted by molar-refractivity contribution is 0.575. The Hall–Kier alpha value is -0.640. The molecule has 0 aliphatic carbocycles. The second kappa shape index (κ2) is 4.56. The van der Waals surface area contributed by atoms with Crippen LogP contribution >= 0.6 is 11.8 Å². The molecule has 0 aromatic carbocycles. The quantitative estimate of drug-likeness (QED) is 0.685. The second-order valence-electron chi connectivity index (χ2n) is 3.24. The molecule has 0 saturated carbocycles. The van der Waals surface area contributed by atoms with Gasteiger partial charge >= 0.3 is 0 Å². The number of aromatic nitrogens is 3. The zero-order valence-corrected chi connectivity index (χ0v) is 8.33. The maximum atomic E-state index is 4.21. The van der Waals surface area contributed by atoms with Crippen LogP contribution in [0.25, 0.3) is 0 Å². The van der Waals surface area contributed by atoms with Crippen LogP contribution in [0.2, 0.25) is 0 Å². The smallest absolute Gasteiger partial charge is 0.135 e. The van der Waals surface area contributed by atoms with Crippen molar-refractivity contribution in [2.75, 3.05) is 11.5 Å². The SMILES string of the molecule is c1ncnc(C2CCCSCC2)n1. The predicted molar refractivity (Wildman–Crippen MR) is 53.7 cm³/mol. The minimum absolute atomic E-state index is 0.568. The maximum Gasteiger partial charge on any atom is 0.135 e. The molecule has 1 atom stereocenters. The summed E-state index contributed by atoms with van der Waals surface area (Å²) in [5, 5.41) is 0. The molecule has 1 aromatic heterocycles. The molecule has 0 bridgehead atoms. The van der Waals surface area contributed by atoms with Gasteiger partial charge in [0.25, 0.3) is 0 Å². The fourth-order valence-corrected chi connectivity index (χ4v) is 2.65. The van der Waals surface area contributed by atoms with Crippen LogP contribution in [0.5, 0.6) is 0 Å². The Bertz CT molecular complexity index is 244. The van der Waals surface area contributed by atoms with E-state index in [4.69, 9.17) is 0 Å². The number of hydrogen-bond donors (Lipinski definition) is 0. The summed E-state index contributed by atoms with van der Waals surface area (Å²) in [5.41, 5.74) is 0. The van der Waals surface area contributed by atoms with Gasteiger partial charge in [-0.1, -0.05) is 0 Å². The van der Waals surface area contributed by atoms with E-state index in [9.17, 15) is 0 Å². The van der Waals surface area contributed by atoms with Crippen molar-refractivity contribution in [3.05, 3.63) is 18.5 Å². The Morgan fingerprint density at radius 1 is 1.15 bits per heavy atom. The summed E-state index contributed by atoms with van der Waals surface area (Å²) in [6.07, 6.45) is 6.94. The van der Waals surface area contributed by atoms with Gasteiger partial charge in [-0.25, -0.2) is 15.0 Å². The van der Waals surface area contributed by atoms with Gasteiger partial charge in [0, 0.05) is 5.92 Å². The molecule has 0 radical (unpaired) electrons. The number of thioether (sulfide) groups is 1. The van der Waals surface area contributed by atoms with Gasteiger partial charge in [0.05, 0.1) is 0 Å². The normalized spacial score (nSPS) is 23.8. The van der Waals surface area contributed by atoms with Gasteiger partial charge in [-0.15, -0.1) is 0 Å². The van der Waals surface area contributed by atoms with Gasteiger partial charge in [-0.2, -0.15) is 11.8 Å². The molecule has 1 fully saturated rings. The lowest BCUT2D eigenvalue weighted by atomic mass is 10.0. The first-order valence-corrected chi connectivity index (χ1v) is 5.82. The Balaban J connectivity index is 2.06. The summed E-state index contributed by atoms with van der Waals surface area (Å²) in [6, 6.07) is 0. The Labute approximate surface area is 82.4 Å². The van der Waals surface area contributed by atoms with Crippen LogP contribution in [0.4, 0.5) is 0 Å². The van der Waals surface area contributed by atoms with Crippen LogP contribution in [0, 0.1) is 0 Å². The lowest BCUT2D eigenvalue weighted by Crippen LogP contribution is -2.04. The molecular formula is C9H13N3S. The minimum Gasteiger partial charge on any atom is -0.225 e. The molecule has 4 heteroatoms. The molecule has 1 aliphatic rings. The van der Waals surface area contributed by atoms with Crippen molar-refractivity contribution in [1.82, 2.24) is 15.0 Å². The predicted octanol–water partition coefficient (Wildman–Crippen LogP) is 1.87. The first kappa shape index (κ1) is 8.94. The third-order valence-electron chi connectivity index (χ3n) is 2.33. The van der Waals surface area contributed by atoms with Crippen molar-refractivity contribution < 1.29 is 0 Å². The van der Waals surface area contributed by atoms with Crippen molar-refractivity contribution in [3.63, 3.8) is 0 Å². The minimum atomic E-state index is 0.568. The largest absolute Gasteiger partial charge is 0.225 e. The molecular weight excluding hydrogens is 182 g/mol. The first-order valence-electron chi connectivity index (χ1n) is 4.66. The molecule has 2 rings (SSSR count). The van der Waals surface area contributed by atoms with Crippen molar-refractivity contribution in [2.45, 2.75) is 25.2 Å². The zero-order chi connectivity index (χ0) is 8.93. The van der Waals surface area contributed by atoms with Crippen molar-refractivity contribution in [1.29, 1.82) is 0 Å². The average Bonchev–Trinajstić information content (AvgIpc) is 2.47. The van der Waals surface area contributed by atoms with E-state index >= 15 is 0 Å². The third kappa shape index (κ3) is 2.40. The molecule has 70 valence electrons. The van der Waals surface area contributed by atoms with Crippen LogP contribution in [-0.2, 0) is 0 Å². The molecule has 1 aliphatic heterocycles. The van der Waals surface area contributed by atoms with Crippen molar-refractivity contribution >= 4 is 11.8 Å². The molecule has 0 N–H and O–H groups in total. The third-order valence-corrected chi connectivity index (χ3v) is 3.43. The van der Waals surface area contributed by atoms with E-state index in [-0.39, 0.29) is 0 Å². The zero-order valence-electron chi connectivity index (χ0n) is 7.52. The lowest BCUT2D eigenvalue weighted by Gasteiger charge is -2.10. The molecule has 1 unspecified atom stereocenters. The Morgan fingerprint density at radius 2 is 2.00 bits per heavy atom. The molecule has 1 saturated heterocycles. The van der Waals surface area contributed by atoms with Crippen molar-refractivity contribution in [3.8, 4) is 0 Å². The summed E-state index contributed by atoms with van der Waals surface area (Å²) < 4.78 is 0. The van der Waals surface area contributed by atoms with E-state index in [0.29, 0.717) is 5.92 Å². The van der Waals surface area contributed by atoms with E-state index < -0.39 is 0 Å². The van der Waals surface area contributed by atoms with E-state index in [1.54, 1.807) is 12.7 Å². The van der Waals surface area contributed by atoms with Gasteiger partial charge in [-0.3, -0.25) is 0 Å². The maximum absolute atomic E-state index is 4.21. The molecule has 13 heavy (non-hydrogen) atoms. The first-order chi connectivity index (χ1) is 6.47. The van der Waals surface area contributed by atoms with Crippen LogP contribution in [-0.4, -0.2) is 26.5 Å². The Kier molecular flexibility index (Phi) is 3.13. The monoisotopic (exact) mass is 195 g/mol. The average molecular weight is 195 g/mol. The summed E-state index contributed by atoms with van der Waals surface area (Å²) in [4.78, 5) is 12.3. The number of hydrogen-bond acceptors (Lipinski definition) is 4.